The van der Waals surface area contributed by atoms with Crippen molar-refractivity contribution in [2.24, 2.45) is 0 Å². The summed E-state index contributed by atoms with van der Waals surface area (Å²) in [7, 11) is 1.88. The van der Waals surface area contributed by atoms with Crippen molar-refractivity contribution in [1.82, 2.24) is 5.32 Å². The molecule has 1 nitrogen and oxygen atoms in total. The quantitative estimate of drug-likeness (QED) is 0.876. The van der Waals surface area contributed by atoms with Gasteiger partial charge in [0.2, 0.25) is 0 Å². The van der Waals surface area contributed by atoms with Crippen LogP contribution in [0.15, 0.2) is 36.4 Å². The maximum atomic E-state index is 13.7. The summed E-state index contributed by atoms with van der Waals surface area (Å²) in [6.45, 7) is 3.57. The number of hydrogen-bond acceptors (Lipinski definition) is 1. The monoisotopic (exact) mass is 277 g/mol. The Morgan fingerprint density at radius 3 is 2.21 bits per heavy atom. The van der Waals surface area contributed by atoms with E-state index in [1.54, 1.807) is 13.8 Å². The SMILES string of the molecule is CNC(c1cc(C)c(F)c(C)c1)c1ccccc1Cl. The van der Waals surface area contributed by atoms with Crippen molar-refractivity contribution in [3.05, 3.63) is 69.5 Å². The van der Waals surface area contributed by atoms with E-state index >= 15 is 0 Å². The smallest absolute Gasteiger partial charge is 0.129 e. The predicted octanol–water partition coefficient (Wildman–Crippen LogP) is 4.40. The fourth-order valence-electron chi connectivity index (χ4n) is 2.36. The molecule has 100 valence electrons. The molecule has 0 saturated carbocycles. The zero-order valence-electron chi connectivity index (χ0n) is 11.3. The third-order valence-electron chi connectivity index (χ3n) is 3.30. The number of aryl methyl sites for hydroxylation is 2. The van der Waals surface area contributed by atoms with Crippen LogP contribution in [0.25, 0.3) is 0 Å². The molecule has 1 N–H and O–H groups in total. The Bertz CT molecular complexity index is 572. The highest BCUT2D eigenvalue weighted by molar-refractivity contribution is 6.31. The van der Waals surface area contributed by atoms with Crippen LogP contribution in [-0.2, 0) is 0 Å². The Morgan fingerprint density at radius 1 is 1.11 bits per heavy atom. The molecule has 0 amide bonds. The maximum Gasteiger partial charge on any atom is 0.129 e. The molecule has 0 bridgehead atoms. The summed E-state index contributed by atoms with van der Waals surface area (Å²) >= 11 is 6.24. The summed E-state index contributed by atoms with van der Waals surface area (Å²) in [6.07, 6.45) is 0. The first-order valence-corrected chi connectivity index (χ1v) is 6.60. The van der Waals surface area contributed by atoms with Crippen LogP contribution in [-0.4, -0.2) is 7.05 Å². The van der Waals surface area contributed by atoms with Crippen LogP contribution in [0.1, 0.15) is 28.3 Å². The van der Waals surface area contributed by atoms with Gasteiger partial charge in [-0.1, -0.05) is 41.9 Å². The van der Waals surface area contributed by atoms with Gasteiger partial charge in [-0.25, -0.2) is 4.39 Å². The van der Waals surface area contributed by atoms with Crippen LogP contribution in [0, 0.1) is 19.7 Å². The highest BCUT2D eigenvalue weighted by atomic mass is 35.5. The van der Waals surface area contributed by atoms with E-state index < -0.39 is 0 Å². The van der Waals surface area contributed by atoms with E-state index in [1.165, 1.54) is 0 Å². The normalized spacial score (nSPS) is 12.5. The molecular weight excluding hydrogens is 261 g/mol. The van der Waals surface area contributed by atoms with Gasteiger partial charge in [0.05, 0.1) is 6.04 Å². The second-order valence-electron chi connectivity index (χ2n) is 4.71. The van der Waals surface area contributed by atoms with Crippen LogP contribution in [0.4, 0.5) is 4.39 Å². The van der Waals surface area contributed by atoms with Crippen molar-refractivity contribution < 1.29 is 4.39 Å². The maximum absolute atomic E-state index is 13.7. The lowest BCUT2D eigenvalue weighted by Crippen LogP contribution is -2.18. The van der Waals surface area contributed by atoms with Crippen molar-refractivity contribution in [3.8, 4) is 0 Å². The molecule has 19 heavy (non-hydrogen) atoms. The van der Waals surface area contributed by atoms with Gasteiger partial charge in [0, 0.05) is 5.02 Å². The van der Waals surface area contributed by atoms with Crippen LogP contribution in [0.5, 0.6) is 0 Å². The Labute approximate surface area is 118 Å². The Morgan fingerprint density at radius 2 is 1.68 bits per heavy atom. The van der Waals surface area contributed by atoms with Gasteiger partial charge in [0.1, 0.15) is 5.82 Å². The lowest BCUT2D eigenvalue weighted by molar-refractivity contribution is 0.604. The van der Waals surface area contributed by atoms with Crippen LogP contribution in [0.3, 0.4) is 0 Å². The fraction of sp³-hybridized carbons (Fsp3) is 0.250. The minimum Gasteiger partial charge on any atom is -0.309 e. The molecule has 0 aromatic heterocycles. The van der Waals surface area contributed by atoms with Crippen molar-refractivity contribution in [2.75, 3.05) is 7.05 Å². The number of nitrogens with one attached hydrogen (secondary N) is 1. The average molecular weight is 278 g/mol. The van der Waals surface area contributed by atoms with E-state index in [9.17, 15) is 4.39 Å². The molecule has 2 aromatic rings. The Hall–Kier alpha value is -1.38. The van der Waals surface area contributed by atoms with Gasteiger partial charge >= 0.3 is 0 Å². The van der Waals surface area contributed by atoms with Gasteiger partial charge in [-0.15, -0.1) is 0 Å². The van der Waals surface area contributed by atoms with Crippen LogP contribution < -0.4 is 5.32 Å². The molecule has 1 unspecified atom stereocenters. The zero-order valence-corrected chi connectivity index (χ0v) is 12.1. The number of benzene rings is 2. The van der Waals surface area contributed by atoms with Crippen molar-refractivity contribution in [3.63, 3.8) is 0 Å². The van der Waals surface area contributed by atoms with Gasteiger partial charge < -0.3 is 5.32 Å². The number of hydrogen-bond donors (Lipinski definition) is 1. The molecule has 1 atom stereocenters. The Kier molecular flexibility index (Phi) is 4.23. The lowest BCUT2D eigenvalue weighted by atomic mass is 9.95. The number of rotatable bonds is 3. The molecule has 0 radical (unpaired) electrons. The summed E-state index contributed by atoms with van der Waals surface area (Å²) in [6, 6.07) is 11.4. The first kappa shape index (κ1) is 14.0. The Balaban J connectivity index is 2.52. The molecule has 2 aromatic carbocycles. The van der Waals surface area contributed by atoms with E-state index in [2.05, 4.69) is 5.32 Å². The lowest BCUT2D eigenvalue weighted by Gasteiger charge is -2.20. The molecule has 0 aliphatic rings. The largest absolute Gasteiger partial charge is 0.309 e. The topological polar surface area (TPSA) is 12.0 Å². The highest BCUT2D eigenvalue weighted by Gasteiger charge is 2.16. The van der Waals surface area contributed by atoms with Gasteiger partial charge in [-0.2, -0.15) is 0 Å². The van der Waals surface area contributed by atoms with E-state index in [4.69, 9.17) is 11.6 Å². The molecule has 3 heteroatoms. The first-order valence-electron chi connectivity index (χ1n) is 6.23. The standard InChI is InChI=1S/C16H17ClFN/c1-10-8-12(9-11(2)15(10)18)16(19-3)13-6-4-5-7-14(13)17/h4-9,16,19H,1-3H3. The summed E-state index contributed by atoms with van der Waals surface area (Å²) in [4.78, 5) is 0. The molecule has 0 saturated heterocycles. The third kappa shape index (κ3) is 2.80. The average Bonchev–Trinajstić information content (AvgIpc) is 2.39. The fourth-order valence-corrected chi connectivity index (χ4v) is 2.60. The van der Waals surface area contributed by atoms with Crippen molar-refractivity contribution in [2.45, 2.75) is 19.9 Å². The second-order valence-corrected chi connectivity index (χ2v) is 5.12. The molecular formula is C16H17ClFN. The molecule has 2 rings (SSSR count). The molecule has 0 aliphatic heterocycles. The zero-order chi connectivity index (χ0) is 14.0. The van der Waals surface area contributed by atoms with E-state index in [0.717, 1.165) is 11.1 Å². The van der Waals surface area contributed by atoms with Crippen molar-refractivity contribution in [1.29, 1.82) is 0 Å². The second kappa shape index (κ2) is 5.72. The summed E-state index contributed by atoms with van der Waals surface area (Å²) in [5.41, 5.74) is 3.33. The van der Waals surface area contributed by atoms with Gasteiger partial charge in [-0.3, -0.25) is 0 Å². The molecule has 0 aliphatic carbocycles. The third-order valence-corrected chi connectivity index (χ3v) is 3.64. The first-order chi connectivity index (χ1) is 9.04. The van der Waals surface area contributed by atoms with Crippen molar-refractivity contribution >= 4 is 11.6 Å². The summed E-state index contributed by atoms with van der Waals surface area (Å²) in [5, 5.41) is 3.95. The number of halogens is 2. The van der Waals surface area contributed by atoms with E-state index in [-0.39, 0.29) is 11.9 Å². The van der Waals surface area contributed by atoms with Gasteiger partial charge in [-0.05, 0) is 49.2 Å². The predicted molar refractivity (Wildman–Crippen MR) is 78.2 cm³/mol. The van der Waals surface area contributed by atoms with Gasteiger partial charge in [0.15, 0.2) is 0 Å². The minimum atomic E-state index is -0.141. The van der Waals surface area contributed by atoms with E-state index in [1.807, 2.05) is 43.4 Å². The highest BCUT2D eigenvalue weighted by Crippen LogP contribution is 2.29. The minimum absolute atomic E-state index is 0.0355. The molecule has 0 spiro atoms. The summed E-state index contributed by atoms with van der Waals surface area (Å²) < 4.78 is 13.7. The van der Waals surface area contributed by atoms with E-state index in [0.29, 0.717) is 16.1 Å². The summed E-state index contributed by atoms with van der Waals surface area (Å²) in [5.74, 6) is -0.141. The molecule has 0 fully saturated rings. The van der Waals surface area contributed by atoms with Crippen LogP contribution >= 0.6 is 11.6 Å². The van der Waals surface area contributed by atoms with Crippen LogP contribution in [0.2, 0.25) is 5.02 Å². The van der Waals surface area contributed by atoms with Gasteiger partial charge in [0.25, 0.3) is 0 Å². The molecule has 0 heterocycles.